The van der Waals surface area contributed by atoms with Crippen LogP contribution in [0.15, 0.2) is 30.3 Å². The quantitative estimate of drug-likeness (QED) is 0.765. The highest BCUT2D eigenvalue weighted by atomic mass is 16.2. The molecule has 1 saturated heterocycles. The maximum atomic E-state index is 12.8. The fraction of sp³-hybridized carbons (Fsp3) is 0.560. The number of aryl methyl sites for hydroxylation is 1. The number of amides is 1. The first-order valence-electron chi connectivity index (χ1n) is 11.6. The predicted molar refractivity (Wildman–Crippen MR) is 118 cm³/mol. The molecule has 1 aromatic carbocycles. The molecule has 5 heteroatoms. The van der Waals surface area contributed by atoms with Gasteiger partial charge in [0, 0.05) is 49.3 Å². The van der Waals surface area contributed by atoms with Crippen molar-refractivity contribution >= 4 is 11.7 Å². The van der Waals surface area contributed by atoms with Gasteiger partial charge in [-0.3, -0.25) is 4.79 Å². The molecule has 2 aromatic rings. The van der Waals surface area contributed by atoms with Gasteiger partial charge >= 0.3 is 0 Å². The van der Waals surface area contributed by atoms with Gasteiger partial charge in [0.2, 0.25) is 5.91 Å². The molecule has 0 N–H and O–H groups in total. The van der Waals surface area contributed by atoms with E-state index in [4.69, 9.17) is 9.97 Å². The molecule has 0 bridgehead atoms. The van der Waals surface area contributed by atoms with Crippen LogP contribution in [0.1, 0.15) is 67.1 Å². The maximum Gasteiger partial charge on any atom is 0.225 e. The van der Waals surface area contributed by atoms with Crippen molar-refractivity contribution in [1.29, 1.82) is 0 Å². The third-order valence-corrected chi connectivity index (χ3v) is 7.13. The Labute approximate surface area is 179 Å². The van der Waals surface area contributed by atoms with Crippen LogP contribution in [0.2, 0.25) is 0 Å². The highest BCUT2D eigenvalue weighted by Gasteiger charge is 2.34. The van der Waals surface area contributed by atoms with Crippen molar-refractivity contribution in [3.63, 3.8) is 0 Å². The average molecular weight is 405 g/mol. The number of likely N-dealkylation sites (tertiary alicyclic amines) is 1. The molecule has 1 aromatic heterocycles. The summed E-state index contributed by atoms with van der Waals surface area (Å²) in [6.07, 6.45) is 7.69. The molecule has 3 heterocycles. The van der Waals surface area contributed by atoms with E-state index >= 15 is 0 Å². The molecule has 0 radical (unpaired) electrons. The van der Waals surface area contributed by atoms with Crippen LogP contribution in [0, 0.1) is 12.8 Å². The fourth-order valence-corrected chi connectivity index (χ4v) is 5.15. The Morgan fingerprint density at radius 1 is 1.03 bits per heavy atom. The summed E-state index contributed by atoms with van der Waals surface area (Å²) >= 11 is 0. The number of carbonyl (C=O) groups excluding carboxylic acids is 1. The van der Waals surface area contributed by atoms with Crippen molar-refractivity contribution in [2.75, 3.05) is 24.5 Å². The van der Waals surface area contributed by atoms with E-state index in [9.17, 15) is 4.79 Å². The van der Waals surface area contributed by atoms with Crippen molar-refractivity contribution in [3.8, 4) is 0 Å². The number of fused-ring (bicyclic) bond motifs is 1. The smallest absolute Gasteiger partial charge is 0.225 e. The minimum atomic E-state index is 0.257. The van der Waals surface area contributed by atoms with Crippen molar-refractivity contribution in [3.05, 3.63) is 53.0 Å². The van der Waals surface area contributed by atoms with Crippen molar-refractivity contribution < 1.29 is 4.79 Å². The minimum absolute atomic E-state index is 0.257. The van der Waals surface area contributed by atoms with Crippen LogP contribution in [0.5, 0.6) is 0 Å². The van der Waals surface area contributed by atoms with Crippen LogP contribution >= 0.6 is 0 Å². The normalized spacial score (nSPS) is 21.8. The highest BCUT2D eigenvalue weighted by Crippen LogP contribution is 2.34. The van der Waals surface area contributed by atoms with Crippen LogP contribution in [0.3, 0.4) is 0 Å². The number of benzene rings is 1. The monoisotopic (exact) mass is 404 g/mol. The molecular weight excluding hydrogens is 372 g/mol. The van der Waals surface area contributed by atoms with Crippen LogP contribution in [0.4, 0.5) is 5.82 Å². The van der Waals surface area contributed by atoms with E-state index in [1.54, 1.807) is 0 Å². The summed E-state index contributed by atoms with van der Waals surface area (Å²) in [6, 6.07) is 10.7. The molecule has 2 aliphatic heterocycles. The van der Waals surface area contributed by atoms with Crippen LogP contribution in [-0.4, -0.2) is 40.4 Å². The van der Waals surface area contributed by atoms with E-state index in [1.807, 2.05) is 0 Å². The molecule has 3 aliphatic rings. The zero-order valence-corrected chi connectivity index (χ0v) is 18.0. The Kier molecular flexibility index (Phi) is 5.45. The van der Waals surface area contributed by atoms with Gasteiger partial charge in [-0.25, -0.2) is 9.97 Å². The summed E-state index contributed by atoms with van der Waals surface area (Å²) in [7, 11) is 0. The standard InChI is InChI=1S/C25H32N4O/c1-18-22-13-7-14-28(16-19-8-3-2-4-9-19)24(22)27-23(26-18)21-12-6-15-29(17-21)25(30)20-10-5-11-20/h2-4,8-9,20-21H,5-7,10-17H2,1H3/t21-/m0/s1. The first-order valence-corrected chi connectivity index (χ1v) is 11.6. The van der Waals surface area contributed by atoms with Gasteiger partial charge in [0.15, 0.2) is 0 Å². The molecule has 1 saturated carbocycles. The molecule has 2 fully saturated rings. The summed E-state index contributed by atoms with van der Waals surface area (Å²) < 4.78 is 0. The van der Waals surface area contributed by atoms with E-state index in [-0.39, 0.29) is 11.8 Å². The number of carbonyl (C=O) groups is 1. The summed E-state index contributed by atoms with van der Waals surface area (Å²) in [5.74, 6) is 2.96. The molecular formula is C25H32N4O. The van der Waals surface area contributed by atoms with Gasteiger partial charge in [-0.15, -0.1) is 0 Å². The van der Waals surface area contributed by atoms with Gasteiger partial charge in [0.05, 0.1) is 0 Å². The number of piperidine rings is 1. The van der Waals surface area contributed by atoms with E-state index in [0.29, 0.717) is 5.91 Å². The van der Waals surface area contributed by atoms with Gasteiger partial charge in [-0.05, 0) is 51.0 Å². The Hall–Kier alpha value is -2.43. The lowest BCUT2D eigenvalue weighted by atomic mass is 9.83. The number of anilines is 1. The van der Waals surface area contributed by atoms with E-state index < -0.39 is 0 Å². The lowest BCUT2D eigenvalue weighted by Gasteiger charge is -2.37. The fourth-order valence-electron chi connectivity index (χ4n) is 5.15. The van der Waals surface area contributed by atoms with Crippen molar-refractivity contribution in [1.82, 2.24) is 14.9 Å². The number of hydrogen-bond acceptors (Lipinski definition) is 4. The summed E-state index contributed by atoms with van der Waals surface area (Å²) in [5.41, 5.74) is 3.74. The summed E-state index contributed by atoms with van der Waals surface area (Å²) in [6.45, 7) is 5.74. The second-order valence-electron chi connectivity index (χ2n) is 9.23. The SMILES string of the molecule is Cc1nc([C@H]2CCCN(C(=O)C3CCC3)C2)nc2c1CCCN2Cc1ccccc1. The summed E-state index contributed by atoms with van der Waals surface area (Å²) in [5, 5.41) is 0. The zero-order chi connectivity index (χ0) is 20.5. The Morgan fingerprint density at radius 3 is 2.63 bits per heavy atom. The second-order valence-corrected chi connectivity index (χ2v) is 9.23. The molecule has 5 nitrogen and oxygen atoms in total. The van der Waals surface area contributed by atoms with E-state index in [2.05, 4.69) is 47.1 Å². The largest absolute Gasteiger partial charge is 0.352 e. The summed E-state index contributed by atoms with van der Waals surface area (Å²) in [4.78, 5) is 27.4. The van der Waals surface area contributed by atoms with Crippen molar-refractivity contribution in [2.24, 2.45) is 5.92 Å². The second kappa shape index (κ2) is 8.37. The molecule has 1 amide bonds. The first-order chi connectivity index (χ1) is 14.7. The highest BCUT2D eigenvalue weighted by molar-refractivity contribution is 5.79. The maximum absolute atomic E-state index is 12.8. The van der Waals surface area contributed by atoms with Crippen LogP contribution < -0.4 is 4.90 Å². The van der Waals surface area contributed by atoms with E-state index in [1.165, 1.54) is 17.5 Å². The average Bonchev–Trinajstić information content (AvgIpc) is 2.74. The molecule has 1 aliphatic carbocycles. The molecule has 158 valence electrons. The van der Waals surface area contributed by atoms with Crippen LogP contribution in [-0.2, 0) is 17.8 Å². The Bertz CT molecular complexity index is 909. The van der Waals surface area contributed by atoms with Gasteiger partial charge in [-0.1, -0.05) is 36.8 Å². The topological polar surface area (TPSA) is 49.3 Å². The molecule has 0 unspecified atom stereocenters. The number of nitrogens with zero attached hydrogens (tertiary/aromatic N) is 4. The Balaban J connectivity index is 1.39. The van der Waals surface area contributed by atoms with Gasteiger partial charge in [0.25, 0.3) is 0 Å². The zero-order valence-electron chi connectivity index (χ0n) is 18.0. The van der Waals surface area contributed by atoms with Gasteiger partial charge in [-0.2, -0.15) is 0 Å². The number of hydrogen-bond donors (Lipinski definition) is 0. The molecule has 0 spiro atoms. The number of rotatable bonds is 4. The number of aromatic nitrogens is 2. The molecule has 5 rings (SSSR count). The van der Waals surface area contributed by atoms with Gasteiger partial charge in [0.1, 0.15) is 11.6 Å². The minimum Gasteiger partial charge on any atom is -0.352 e. The third-order valence-electron chi connectivity index (χ3n) is 7.13. The Morgan fingerprint density at radius 2 is 1.87 bits per heavy atom. The molecule has 30 heavy (non-hydrogen) atoms. The van der Waals surface area contributed by atoms with Crippen molar-refractivity contribution in [2.45, 2.75) is 64.3 Å². The van der Waals surface area contributed by atoms with Gasteiger partial charge < -0.3 is 9.80 Å². The third kappa shape index (κ3) is 3.82. The van der Waals surface area contributed by atoms with Crippen LogP contribution in [0.25, 0.3) is 0 Å². The van der Waals surface area contributed by atoms with E-state index in [0.717, 1.165) is 82.0 Å². The lowest BCUT2D eigenvalue weighted by molar-refractivity contribution is -0.139. The predicted octanol–water partition coefficient (Wildman–Crippen LogP) is 4.24. The first kappa shape index (κ1) is 19.5. The lowest BCUT2D eigenvalue weighted by Crippen LogP contribution is -2.44. The molecule has 1 atom stereocenters.